The molecular formula is C46H77O38S-. The summed E-state index contributed by atoms with van der Waals surface area (Å²) in [6.45, 7) is -7.40. The Morgan fingerprint density at radius 2 is 0.471 bits per heavy atom. The van der Waals surface area contributed by atoms with Crippen LogP contribution < -0.4 is 0 Å². The zero-order valence-electron chi connectivity index (χ0n) is 44.7. The van der Waals surface area contributed by atoms with Crippen molar-refractivity contribution in [2.24, 2.45) is 0 Å². The van der Waals surface area contributed by atoms with Crippen LogP contribution in [0.3, 0.4) is 0 Å². The highest BCUT2D eigenvalue weighted by molar-refractivity contribution is 7.85. The molecule has 496 valence electrons. The molecule has 21 fully saturated rings. The van der Waals surface area contributed by atoms with Crippen LogP contribution in [-0.2, 0) is 81.2 Å². The minimum absolute atomic E-state index is 0.0363. The fourth-order valence-corrected chi connectivity index (χ4v) is 11.6. The maximum Gasteiger partial charge on any atom is 0.187 e. The van der Waals surface area contributed by atoms with E-state index in [0.717, 1.165) is 0 Å². The quantitative estimate of drug-likeness (QED) is 0.0601. The minimum atomic E-state index is -4.62. The lowest BCUT2D eigenvalue weighted by Gasteiger charge is -2.50. The molecule has 20 N–H and O–H groups in total. The fraction of sp³-hybridized carbons (Fsp3) is 1.00. The highest BCUT2D eigenvalue weighted by atomic mass is 32.2. The van der Waals surface area contributed by atoms with Gasteiger partial charge in [0.2, 0.25) is 0 Å². The smallest absolute Gasteiger partial charge is 0.187 e. The predicted molar refractivity (Wildman–Crippen MR) is 256 cm³/mol. The second-order valence-corrected chi connectivity index (χ2v) is 23.0. The van der Waals surface area contributed by atoms with E-state index in [1.807, 2.05) is 0 Å². The van der Waals surface area contributed by atoms with Crippen molar-refractivity contribution in [1.82, 2.24) is 0 Å². The highest BCUT2D eigenvalue weighted by Gasteiger charge is 2.59. The molecule has 35 unspecified atom stereocenters. The summed E-state index contributed by atoms with van der Waals surface area (Å²) < 4.78 is 120. The molecule has 0 aromatic rings. The Morgan fingerprint density at radius 1 is 0.282 bits per heavy atom. The summed E-state index contributed by atoms with van der Waals surface area (Å²) in [6.07, 6.45) is -71.7. The molecule has 0 aromatic heterocycles. The van der Waals surface area contributed by atoms with Crippen molar-refractivity contribution in [1.29, 1.82) is 0 Å². The molecule has 21 heterocycles. The van der Waals surface area contributed by atoms with E-state index in [1.165, 1.54) is 0 Å². The Labute approximate surface area is 481 Å². The predicted octanol–water partition coefficient (Wildman–Crippen LogP) is -14.9. The van der Waals surface area contributed by atoms with Gasteiger partial charge in [0, 0.05) is 12.4 Å². The van der Waals surface area contributed by atoms with E-state index in [4.69, 9.17) is 71.1 Å². The molecule has 0 aromatic carbocycles. The van der Waals surface area contributed by atoms with E-state index in [1.54, 1.807) is 0 Å². The maximum absolute atomic E-state index is 11.7. The van der Waals surface area contributed by atoms with Crippen LogP contribution in [-0.4, -0.2) is 389 Å². The van der Waals surface area contributed by atoms with E-state index >= 15 is 0 Å². The second kappa shape index (κ2) is 29.9. The van der Waals surface area contributed by atoms with E-state index in [-0.39, 0.29) is 19.4 Å². The van der Waals surface area contributed by atoms with Crippen LogP contribution in [0.4, 0.5) is 0 Å². The number of hydrogen-bond acceptors (Lipinski definition) is 38. The zero-order chi connectivity index (χ0) is 62.1. The van der Waals surface area contributed by atoms with Crippen LogP contribution >= 0.6 is 0 Å². The van der Waals surface area contributed by atoms with Crippen LogP contribution in [0.15, 0.2) is 0 Å². The first-order chi connectivity index (χ1) is 40.3. The lowest BCUT2D eigenvalue weighted by Crippen LogP contribution is -2.68. The molecule has 0 aliphatic carbocycles. The first-order valence-electron chi connectivity index (χ1n) is 27.2. The van der Waals surface area contributed by atoms with Gasteiger partial charge in [-0.3, -0.25) is 0 Å². The Bertz CT molecular complexity index is 2150. The molecular weight excluding hydrogens is 1190 g/mol. The standard InChI is InChI=1S/C46H78O38S/c47-5-12-33-20(54)27(61)41(72-12)80-35-14(7-49)74-43(29(63)22(35)56)82-37-16(9-51)76-45(31(65)24(37)58)84-39-18(11-70-3-1-2-4-85(67,68)69)77-46(32(66)25(39)59)83-38-17(10-52)75-44(30(64)23(38)57)81-36-15(8-50)73-42(28(62)21(36)55)79-34-13(6-48)71-40(78-33)26(60)19(34)53/h12-66H,1-11H2,(H,67,68,69)/p-1. The summed E-state index contributed by atoms with van der Waals surface area (Å²) in [5.41, 5.74) is 0. The third-order valence-corrected chi connectivity index (χ3v) is 16.6. The third-order valence-electron chi connectivity index (χ3n) is 15.8. The van der Waals surface area contributed by atoms with Crippen molar-refractivity contribution in [2.75, 3.05) is 58.6 Å². The fourth-order valence-electron chi connectivity index (χ4n) is 11.1. The molecule has 0 radical (unpaired) electrons. The monoisotopic (exact) mass is 1270 g/mol. The largest absolute Gasteiger partial charge is 0.748 e. The summed E-state index contributed by atoms with van der Waals surface area (Å²) >= 11 is 0. The molecule has 0 saturated carbocycles. The van der Waals surface area contributed by atoms with E-state index in [0.29, 0.717) is 0 Å². The highest BCUT2D eigenvalue weighted by Crippen LogP contribution is 2.39. The SMILES string of the molecule is O=S(=O)([O-])CCCCOCC1OC2OC3C(CO)OC(OC4C(CO)OC(OC5C(CO)OC(OC6C(CO)OC(OC7C(CO)OC(OC8C(CO)OC(OC1C(O)C2O)C(O)C8O)C(O)C7O)C(O)C6O)C(O)C5O)C(O)C4O)C(O)C3O. The Hall–Kier alpha value is -1.49. The molecule has 38 nitrogen and oxygen atoms in total. The number of hydrogen-bond donors (Lipinski definition) is 20. The van der Waals surface area contributed by atoms with Crippen molar-refractivity contribution in [3.8, 4) is 0 Å². The van der Waals surface area contributed by atoms with E-state index in [2.05, 4.69) is 0 Å². The molecule has 21 aliphatic rings. The lowest BCUT2D eigenvalue weighted by atomic mass is 9.95. The van der Waals surface area contributed by atoms with Gasteiger partial charge in [0.05, 0.1) is 56.4 Å². The average molecular weight is 1270 g/mol. The first-order valence-corrected chi connectivity index (χ1v) is 28.7. The molecule has 21 saturated heterocycles. The molecule has 39 heteroatoms. The lowest BCUT2D eigenvalue weighted by molar-refractivity contribution is -0.397. The van der Waals surface area contributed by atoms with Crippen LogP contribution in [0.1, 0.15) is 12.8 Å². The number of aliphatic hydroxyl groups is 20. The zero-order valence-corrected chi connectivity index (χ0v) is 45.5. The maximum atomic E-state index is 11.7. The van der Waals surface area contributed by atoms with Gasteiger partial charge >= 0.3 is 0 Å². The van der Waals surface area contributed by atoms with Gasteiger partial charge in [-0.1, -0.05) is 0 Å². The van der Waals surface area contributed by atoms with Gasteiger partial charge in [-0.05, 0) is 12.8 Å². The number of unbranched alkanes of at least 4 members (excludes halogenated alkanes) is 1. The summed E-state index contributed by atoms with van der Waals surface area (Å²) in [5, 5.41) is 222. The van der Waals surface area contributed by atoms with Crippen LogP contribution in [0.2, 0.25) is 0 Å². The molecule has 21 aliphatic heterocycles. The topological polar surface area (TPSA) is 600 Å². The Balaban J connectivity index is 1.09. The molecule has 21 rings (SSSR count). The first kappa shape index (κ1) is 69.4. The molecule has 0 spiro atoms. The molecule has 14 bridgehead atoms. The normalized spacial score (nSPS) is 51.5. The van der Waals surface area contributed by atoms with Gasteiger partial charge in [0.15, 0.2) is 44.0 Å². The van der Waals surface area contributed by atoms with E-state index < -0.39 is 277 Å². The van der Waals surface area contributed by atoms with Crippen LogP contribution in [0.25, 0.3) is 0 Å². The van der Waals surface area contributed by atoms with E-state index in [9.17, 15) is 115 Å². The van der Waals surface area contributed by atoms with Crippen molar-refractivity contribution in [2.45, 2.75) is 228 Å². The molecule has 85 heavy (non-hydrogen) atoms. The molecule has 0 amide bonds. The van der Waals surface area contributed by atoms with Crippen LogP contribution in [0, 0.1) is 0 Å². The van der Waals surface area contributed by atoms with Crippen molar-refractivity contribution >= 4 is 10.1 Å². The van der Waals surface area contributed by atoms with Crippen LogP contribution in [0.5, 0.6) is 0 Å². The second-order valence-electron chi connectivity index (χ2n) is 21.5. The summed E-state index contributed by atoms with van der Waals surface area (Å²) in [4.78, 5) is 0. The van der Waals surface area contributed by atoms with Crippen molar-refractivity contribution in [3.63, 3.8) is 0 Å². The number of aliphatic hydroxyl groups excluding tert-OH is 20. The Morgan fingerprint density at radius 3 is 0.659 bits per heavy atom. The number of rotatable bonds is 13. The molecule has 35 atom stereocenters. The Kier molecular flexibility index (Phi) is 24.4. The van der Waals surface area contributed by atoms with Gasteiger partial charge < -0.3 is 178 Å². The van der Waals surface area contributed by atoms with Crippen molar-refractivity contribution < 1.29 is 186 Å². The third kappa shape index (κ3) is 15.1. The van der Waals surface area contributed by atoms with Gasteiger partial charge in [-0.2, -0.15) is 0 Å². The summed E-state index contributed by atoms with van der Waals surface area (Å²) in [5.74, 6) is -0.760. The van der Waals surface area contributed by atoms with Crippen molar-refractivity contribution in [3.05, 3.63) is 0 Å². The van der Waals surface area contributed by atoms with Gasteiger partial charge in [-0.15, -0.1) is 0 Å². The average Bonchev–Trinajstić information content (AvgIpc) is 1.32. The summed E-state index contributed by atoms with van der Waals surface area (Å²) in [7, 11) is -4.62. The van der Waals surface area contributed by atoms with Gasteiger partial charge in [-0.25, -0.2) is 8.42 Å². The van der Waals surface area contributed by atoms with Gasteiger partial charge in [0.1, 0.15) is 171 Å². The minimum Gasteiger partial charge on any atom is -0.748 e. The number of ether oxygens (including phenoxy) is 15. The summed E-state index contributed by atoms with van der Waals surface area (Å²) in [6, 6.07) is 0. The van der Waals surface area contributed by atoms with Gasteiger partial charge in [0.25, 0.3) is 0 Å².